The van der Waals surface area contributed by atoms with Gasteiger partial charge in [-0.15, -0.1) is 0 Å². The summed E-state index contributed by atoms with van der Waals surface area (Å²) in [5.41, 5.74) is 2.06. The van der Waals surface area contributed by atoms with Crippen molar-refractivity contribution < 1.29 is 0 Å². The Morgan fingerprint density at radius 2 is 1.95 bits per heavy atom. The van der Waals surface area contributed by atoms with Crippen LogP contribution in [0.1, 0.15) is 24.2 Å². The number of halogens is 3. The minimum absolute atomic E-state index is 0.0110. The van der Waals surface area contributed by atoms with Crippen molar-refractivity contribution in [2.24, 2.45) is 7.05 Å². The van der Waals surface area contributed by atoms with E-state index in [-0.39, 0.29) is 6.04 Å². The van der Waals surface area contributed by atoms with Gasteiger partial charge in [0.05, 0.1) is 22.4 Å². The van der Waals surface area contributed by atoms with Crippen molar-refractivity contribution in [1.29, 1.82) is 0 Å². The van der Waals surface area contributed by atoms with Gasteiger partial charge in [-0.25, -0.2) is 0 Å². The van der Waals surface area contributed by atoms with Crippen molar-refractivity contribution >= 4 is 39.1 Å². The molecule has 0 aliphatic rings. The highest BCUT2D eigenvalue weighted by molar-refractivity contribution is 9.10. The van der Waals surface area contributed by atoms with Gasteiger partial charge >= 0.3 is 0 Å². The maximum absolute atomic E-state index is 6.09. The topological polar surface area (TPSA) is 29.9 Å². The Bertz CT molecular complexity index is 544. The molecule has 1 N–H and O–H groups in total. The number of hydrogen-bond acceptors (Lipinski definition) is 2. The summed E-state index contributed by atoms with van der Waals surface area (Å²) in [6.07, 6.45) is 1.78. The SMILES string of the molecule is CCNC(c1cc(Cl)cc(Cl)c1)c1c(Br)cnn1C. The average Bonchev–Trinajstić information content (AvgIpc) is 2.65. The molecule has 1 atom stereocenters. The van der Waals surface area contributed by atoms with Gasteiger partial charge in [0.2, 0.25) is 0 Å². The summed E-state index contributed by atoms with van der Waals surface area (Å²) in [6.45, 7) is 2.88. The fraction of sp³-hybridized carbons (Fsp3) is 0.308. The van der Waals surface area contributed by atoms with Crippen LogP contribution in [0.2, 0.25) is 10.0 Å². The Labute approximate surface area is 131 Å². The normalized spacial score (nSPS) is 12.7. The summed E-state index contributed by atoms with van der Waals surface area (Å²) in [7, 11) is 1.91. The summed E-state index contributed by atoms with van der Waals surface area (Å²) in [5, 5.41) is 8.94. The third-order valence-electron chi connectivity index (χ3n) is 2.84. The van der Waals surface area contributed by atoms with E-state index in [1.165, 1.54) is 0 Å². The van der Waals surface area contributed by atoms with Gasteiger partial charge in [-0.1, -0.05) is 30.1 Å². The molecule has 0 saturated heterocycles. The number of nitrogens with one attached hydrogen (secondary N) is 1. The predicted molar refractivity (Wildman–Crippen MR) is 82.9 cm³/mol. The van der Waals surface area contributed by atoms with E-state index in [1.54, 1.807) is 12.3 Å². The number of aryl methyl sites for hydroxylation is 1. The third-order valence-corrected chi connectivity index (χ3v) is 3.88. The van der Waals surface area contributed by atoms with E-state index in [4.69, 9.17) is 23.2 Å². The lowest BCUT2D eigenvalue weighted by molar-refractivity contribution is 0.571. The maximum atomic E-state index is 6.09. The van der Waals surface area contributed by atoms with E-state index in [0.29, 0.717) is 10.0 Å². The number of benzene rings is 1. The highest BCUT2D eigenvalue weighted by Gasteiger charge is 2.20. The first-order valence-electron chi connectivity index (χ1n) is 5.89. The molecule has 1 unspecified atom stereocenters. The summed E-state index contributed by atoms with van der Waals surface area (Å²) < 4.78 is 2.80. The zero-order valence-corrected chi connectivity index (χ0v) is 13.7. The van der Waals surface area contributed by atoms with Crippen molar-refractivity contribution in [2.75, 3.05) is 6.54 Å². The van der Waals surface area contributed by atoms with Crippen LogP contribution in [0.4, 0.5) is 0 Å². The molecule has 0 radical (unpaired) electrons. The fourth-order valence-corrected chi connectivity index (χ4v) is 3.18. The van der Waals surface area contributed by atoms with Crippen molar-refractivity contribution in [3.8, 4) is 0 Å². The van der Waals surface area contributed by atoms with Crippen molar-refractivity contribution in [2.45, 2.75) is 13.0 Å². The molecule has 1 heterocycles. The Morgan fingerprint density at radius 1 is 1.32 bits per heavy atom. The van der Waals surface area contributed by atoms with Crippen LogP contribution in [-0.2, 0) is 7.05 Å². The highest BCUT2D eigenvalue weighted by atomic mass is 79.9. The molecular formula is C13H14BrCl2N3. The second-order valence-electron chi connectivity index (χ2n) is 4.19. The zero-order valence-electron chi connectivity index (χ0n) is 10.6. The van der Waals surface area contributed by atoms with E-state index < -0.39 is 0 Å². The average molecular weight is 363 g/mol. The van der Waals surface area contributed by atoms with Crippen LogP contribution in [0, 0.1) is 0 Å². The molecule has 2 rings (SSSR count). The second-order valence-corrected chi connectivity index (χ2v) is 5.92. The molecule has 3 nitrogen and oxygen atoms in total. The van der Waals surface area contributed by atoms with E-state index in [1.807, 2.05) is 23.9 Å². The van der Waals surface area contributed by atoms with Crippen LogP contribution in [0.3, 0.4) is 0 Å². The molecule has 0 spiro atoms. The lowest BCUT2D eigenvalue weighted by atomic mass is 10.0. The Hall–Kier alpha value is -0.550. The van der Waals surface area contributed by atoms with Gasteiger partial charge in [0.15, 0.2) is 0 Å². The fourth-order valence-electron chi connectivity index (χ4n) is 2.06. The smallest absolute Gasteiger partial charge is 0.0760 e. The molecule has 2 aromatic rings. The van der Waals surface area contributed by atoms with Crippen LogP contribution < -0.4 is 5.32 Å². The number of aromatic nitrogens is 2. The maximum Gasteiger partial charge on any atom is 0.0760 e. The Balaban J connectivity index is 2.51. The molecule has 0 fully saturated rings. The molecule has 6 heteroatoms. The van der Waals surface area contributed by atoms with Crippen LogP contribution in [-0.4, -0.2) is 16.3 Å². The summed E-state index contributed by atoms with van der Waals surface area (Å²) in [4.78, 5) is 0. The second kappa shape index (κ2) is 6.27. The van der Waals surface area contributed by atoms with Crippen LogP contribution in [0.15, 0.2) is 28.9 Å². The summed E-state index contributed by atoms with van der Waals surface area (Å²) in [5.74, 6) is 0. The third kappa shape index (κ3) is 3.31. The van der Waals surface area contributed by atoms with Gasteiger partial charge in [0, 0.05) is 17.1 Å². The monoisotopic (exact) mass is 361 g/mol. The molecule has 0 amide bonds. The van der Waals surface area contributed by atoms with Crippen molar-refractivity contribution in [3.63, 3.8) is 0 Å². The van der Waals surface area contributed by atoms with Crippen LogP contribution >= 0.6 is 39.1 Å². The first-order valence-corrected chi connectivity index (χ1v) is 7.44. The molecule has 0 aliphatic heterocycles. The largest absolute Gasteiger partial charge is 0.305 e. The standard InChI is InChI=1S/C13H14BrCl2N3/c1-3-17-12(13-11(14)7-18-19(13)2)8-4-9(15)6-10(16)5-8/h4-7,12,17H,3H2,1-2H3. The first-order chi connectivity index (χ1) is 9.02. The van der Waals surface area contributed by atoms with E-state index in [0.717, 1.165) is 22.3 Å². The minimum Gasteiger partial charge on any atom is -0.305 e. The molecule has 0 aliphatic carbocycles. The number of nitrogens with zero attached hydrogens (tertiary/aromatic N) is 2. The molecular weight excluding hydrogens is 349 g/mol. The lowest BCUT2D eigenvalue weighted by Crippen LogP contribution is -2.24. The molecule has 0 saturated carbocycles. The molecule has 1 aromatic carbocycles. The van der Waals surface area contributed by atoms with E-state index in [2.05, 4.69) is 33.3 Å². The number of hydrogen-bond donors (Lipinski definition) is 1. The minimum atomic E-state index is -0.0110. The lowest BCUT2D eigenvalue weighted by Gasteiger charge is -2.20. The van der Waals surface area contributed by atoms with Crippen LogP contribution in [0.25, 0.3) is 0 Å². The quantitative estimate of drug-likeness (QED) is 0.883. The Kier molecular flexibility index (Phi) is 4.90. The summed E-state index contributed by atoms with van der Waals surface area (Å²) >= 11 is 15.7. The molecule has 0 bridgehead atoms. The van der Waals surface area contributed by atoms with Gasteiger partial charge in [-0.05, 0) is 46.2 Å². The van der Waals surface area contributed by atoms with E-state index >= 15 is 0 Å². The van der Waals surface area contributed by atoms with Crippen molar-refractivity contribution in [3.05, 3.63) is 50.2 Å². The molecule has 19 heavy (non-hydrogen) atoms. The first kappa shape index (κ1) is 14.9. The zero-order chi connectivity index (χ0) is 14.0. The van der Waals surface area contributed by atoms with Gasteiger partial charge in [-0.3, -0.25) is 4.68 Å². The number of rotatable bonds is 4. The highest BCUT2D eigenvalue weighted by Crippen LogP contribution is 2.31. The van der Waals surface area contributed by atoms with E-state index in [9.17, 15) is 0 Å². The molecule has 1 aromatic heterocycles. The van der Waals surface area contributed by atoms with Gasteiger partial charge in [0.1, 0.15) is 0 Å². The Morgan fingerprint density at radius 3 is 2.42 bits per heavy atom. The van der Waals surface area contributed by atoms with Crippen LogP contribution in [0.5, 0.6) is 0 Å². The van der Waals surface area contributed by atoms with Gasteiger partial charge in [-0.2, -0.15) is 5.10 Å². The summed E-state index contributed by atoms with van der Waals surface area (Å²) in [6, 6.07) is 5.55. The van der Waals surface area contributed by atoms with Crippen molar-refractivity contribution in [1.82, 2.24) is 15.1 Å². The van der Waals surface area contributed by atoms with Gasteiger partial charge < -0.3 is 5.32 Å². The molecule has 102 valence electrons. The predicted octanol–water partition coefficient (Wildman–Crippen LogP) is 4.19. The van der Waals surface area contributed by atoms with Gasteiger partial charge in [0.25, 0.3) is 0 Å².